The Bertz CT molecular complexity index is 571. The van der Waals surface area contributed by atoms with Crippen molar-refractivity contribution in [1.29, 1.82) is 0 Å². The fourth-order valence-electron chi connectivity index (χ4n) is 3.00. The average Bonchev–Trinajstić information content (AvgIpc) is 2.42. The lowest BCUT2D eigenvalue weighted by Gasteiger charge is -2.40. The van der Waals surface area contributed by atoms with E-state index in [1.165, 1.54) is 0 Å². The van der Waals surface area contributed by atoms with Crippen LogP contribution < -0.4 is 5.32 Å². The third-order valence-electron chi connectivity index (χ3n) is 4.29. The molecule has 0 amide bonds. The van der Waals surface area contributed by atoms with Gasteiger partial charge < -0.3 is 5.32 Å². The number of sulfonamides is 1. The number of rotatable bonds is 3. The van der Waals surface area contributed by atoms with E-state index in [9.17, 15) is 8.42 Å². The molecule has 1 N–H and O–H groups in total. The molecule has 5 heteroatoms. The minimum atomic E-state index is -3.45. The first-order chi connectivity index (χ1) is 9.37. The Morgan fingerprint density at radius 3 is 2.50 bits per heavy atom. The van der Waals surface area contributed by atoms with E-state index >= 15 is 0 Å². The third kappa shape index (κ3) is 2.69. The van der Waals surface area contributed by atoms with E-state index in [0.29, 0.717) is 29.0 Å². The fourth-order valence-corrected chi connectivity index (χ4v) is 5.05. The minimum Gasteiger partial charge on any atom is -0.387 e. The van der Waals surface area contributed by atoms with Crippen LogP contribution in [0.4, 0.5) is 5.69 Å². The monoisotopic (exact) mass is 296 g/mol. The minimum absolute atomic E-state index is 0.0427. The second kappa shape index (κ2) is 5.74. The van der Waals surface area contributed by atoms with Gasteiger partial charge in [0.25, 0.3) is 0 Å². The van der Waals surface area contributed by atoms with Gasteiger partial charge in [0.05, 0.1) is 5.69 Å². The van der Waals surface area contributed by atoms with E-state index in [1.54, 1.807) is 29.6 Å². The van der Waals surface area contributed by atoms with Crippen LogP contribution in [0.15, 0.2) is 29.2 Å². The summed E-state index contributed by atoms with van der Waals surface area (Å²) >= 11 is 0. The predicted octanol–water partition coefficient (Wildman–Crippen LogP) is 2.78. The van der Waals surface area contributed by atoms with Crippen LogP contribution in [-0.2, 0) is 10.0 Å². The normalized spacial score (nSPS) is 28.3. The van der Waals surface area contributed by atoms with E-state index in [0.717, 1.165) is 6.42 Å². The number of nitrogens with one attached hydrogen (secondary N) is 1. The zero-order valence-corrected chi connectivity index (χ0v) is 13.4. The van der Waals surface area contributed by atoms with E-state index in [-0.39, 0.29) is 6.04 Å². The van der Waals surface area contributed by atoms with Gasteiger partial charge >= 0.3 is 0 Å². The molecule has 4 nitrogen and oxygen atoms in total. The summed E-state index contributed by atoms with van der Waals surface area (Å²) in [5.74, 6) is 0.785. The Labute approximate surface area is 122 Å². The van der Waals surface area contributed by atoms with Crippen molar-refractivity contribution < 1.29 is 8.42 Å². The van der Waals surface area contributed by atoms with Gasteiger partial charge in [0.15, 0.2) is 0 Å². The molecule has 3 atom stereocenters. The molecule has 20 heavy (non-hydrogen) atoms. The van der Waals surface area contributed by atoms with Crippen molar-refractivity contribution in [2.45, 2.75) is 38.1 Å². The van der Waals surface area contributed by atoms with Crippen LogP contribution in [0.3, 0.4) is 0 Å². The summed E-state index contributed by atoms with van der Waals surface area (Å²) in [6, 6.07) is 7.14. The number of nitrogens with zero attached hydrogens (tertiary/aromatic N) is 1. The molecule has 3 unspecified atom stereocenters. The smallest absolute Gasteiger partial charge is 0.245 e. The van der Waals surface area contributed by atoms with Crippen molar-refractivity contribution in [3.63, 3.8) is 0 Å². The SMILES string of the molecule is CNc1ccccc1S(=O)(=O)N1CC(C)CC(C)C1C. The molecule has 0 aromatic heterocycles. The number of para-hydroxylation sites is 1. The van der Waals surface area contributed by atoms with Gasteiger partial charge in [-0.3, -0.25) is 0 Å². The van der Waals surface area contributed by atoms with E-state index < -0.39 is 10.0 Å². The highest BCUT2D eigenvalue weighted by Gasteiger charge is 2.37. The molecule has 1 aliphatic rings. The lowest BCUT2D eigenvalue weighted by molar-refractivity contribution is 0.157. The summed E-state index contributed by atoms with van der Waals surface area (Å²) in [5, 5.41) is 2.97. The van der Waals surface area contributed by atoms with Gasteiger partial charge in [-0.15, -0.1) is 0 Å². The highest BCUT2D eigenvalue weighted by atomic mass is 32.2. The average molecular weight is 296 g/mol. The number of piperidine rings is 1. The molecule has 2 rings (SSSR count). The van der Waals surface area contributed by atoms with Crippen LogP contribution in [0.25, 0.3) is 0 Å². The predicted molar refractivity (Wildman–Crippen MR) is 82.3 cm³/mol. The van der Waals surface area contributed by atoms with Crippen molar-refractivity contribution in [1.82, 2.24) is 4.31 Å². The van der Waals surface area contributed by atoms with Crippen LogP contribution in [-0.4, -0.2) is 32.4 Å². The van der Waals surface area contributed by atoms with E-state index in [2.05, 4.69) is 19.2 Å². The Morgan fingerprint density at radius 1 is 1.20 bits per heavy atom. The topological polar surface area (TPSA) is 49.4 Å². The quantitative estimate of drug-likeness (QED) is 0.933. The maximum atomic E-state index is 13.0. The molecule has 1 aliphatic heterocycles. The number of hydrogen-bond acceptors (Lipinski definition) is 3. The van der Waals surface area contributed by atoms with Gasteiger partial charge in [0.1, 0.15) is 4.90 Å². The van der Waals surface area contributed by atoms with Gasteiger partial charge in [-0.2, -0.15) is 4.31 Å². The molecule has 1 aromatic rings. The second-order valence-corrected chi connectivity index (χ2v) is 7.74. The van der Waals surface area contributed by atoms with Gasteiger partial charge in [-0.25, -0.2) is 8.42 Å². The molecule has 1 aromatic carbocycles. The fraction of sp³-hybridized carbons (Fsp3) is 0.600. The highest BCUT2D eigenvalue weighted by molar-refractivity contribution is 7.89. The largest absolute Gasteiger partial charge is 0.387 e. The van der Waals surface area contributed by atoms with Crippen LogP contribution in [0.1, 0.15) is 27.2 Å². The molecule has 0 aliphatic carbocycles. The molecular formula is C15H24N2O2S. The summed E-state index contributed by atoms with van der Waals surface area (Å²) in [4.78, 5) is 0.371. The van der Waals surface area contributed by atoms with Gasteiger partial charge in [0, 0.05) is 19.6 Å². The number of anilines is 1. The Hall–Kier alpha value is -1.07. The zero-order chi connectivity index (χ0) is 14.9. The molecule has 0 bridgehead atoms. The summed E-state index contributed by atoms with van der Waals surface area (Å²) in [6.07, 6.45) is 1.08. The molecule has 1 heterocycles. The molecule has 1 fully saturated rings. The first-order valence-corrected chi connectivity index (χ1v) is 8.60. The maximum Gasteiger partial charge on any atom is 0.245 e. The Balaban J connectivity index is 2.43. The number of benzene rings is 1. The van der Waals surface area contributed by atoms with Crippen LogP contribution in [0.5, 0.6) is 0 Å². The molecule has 0 spiro atoms. The molecule has 0 saturated carbocycles. The summed E-state index contributed by atoms with van der Waals surface area (Å²) in [7, 11) is -1.70. The maximum absolute atomic E-state index is 13.0. The lowest BCUT2D eigenvalue weighted by atomic mass is 9.88. The van der Waals surface area contributed by atoms with Gasteiger partial charge in [-0.1, -0.05) is 26.0 Å². The highest BCUT2D eigenvalue weighted by Crippen LogP contribution is 2.33. The molecular weight excluding hydrogens is 272 g/mol. The second-order valence-electron chi connectivity index (χ2n) is 5.88. The van der Waals surface area contributed by atoms with Gasteiger partial charge in [-0.05, 0) is 37.3 Å². The lowest BCUT2D eigenvalue weighted by Crippen LogP contribution is -2.48. The molecule has 0 radical (unpaired) electrons. The van der Waals surface area contributed by atoms with Crippen molar-refractivity contribution in [2.24, 2.45) is 11.8 Å². The molecule has 1 saturated heterocycles. The summed E-state index contributed by atoms with van der Waals surface area (Å²) < 4.78 is 27.6. The third-order valence-corrected chi connectivity index (χ3v) is 6.30. The first kappa shape index (κ1) is 15.3. The zero-order valence-electron chi connectivity index (χ0n) is 12.6. The van der Waals surface area contributed by atoms with Crippen molar-refractivity contribution in [3.8, 4) is 0 Å². The van der Waals surface area contributed by atoms with Crippen molar-refractivity contribution >= 4 is 15.7 Å². The van der Waals surface area contributed by atoms with E-state index in [4.69, 9.17) is 0 Å². The standard InChI is InChI=1S/C15H24N2O2S/c1-11-9-12(2)13(3)17(10-11)20(18,19)15-8-6-5-7-14(15)16-4/h5-8,11-13,16H,9-10H2,1-4H3. The van der Waals surface area contributed by atoms with Crippen LogP contribution in [0, 0.1) is 11.8 Å². The van der Waals surface area contributed by atoms with E-state index in [1.807, 2.05) is 13.0 Å². The summed E-state index contributed by atoms with van der Waals surface area (Å²) in [6.45, 7) is 6.86. The van der Waals surface area contributed by atoms with Crippen molar-refractivity contribution in [3.05, 3.63) is 24.3 Å². The van der Waals surface area contributed by atoms with Crippen molar-refractivity contribution in [2.75, 3.05) is 18.9 Å². The van der Waals surface area contributed by atoms with Gasteiger partial charge in [0.2, 0.25) is 10.0 Å². The summed E-state index contributed by atoms with van der Waals surface area (Å²) in [5.41, 5.74) is 0.658. The molecule has 112 valence electrons. The Morgan fingerprint density at radius 2 is 1.85 bits per heavy atom. The van der Waals surface area contributed by atoms with Crippen LogP contribution in [0.2, 0.25) is 0 Å². The van der Waals surface area contributed by atoms with Crippen LogP contribution >= 0.6 is 0 Å². The Kier molecular flexibility index (Phi) is 4.39. The number of hydrogen-bond donors (Lipinski definition) is 1. The first-order valence-electron chi connectivity index (χ1n) is 7.16.